The minimum absolute atomic E-state index is 0.0472. The molecule has 0 aliphatic heterocycles. The van der Waals surface area contributed by atoms with Gasteiger partial charge in [-0.2, -0.15) is 0 Å². The van der Waals surface area contributed by atoms with E-state index in [0.29, 0.717) is 4.90 Å². The van der Waals surface area contributed by atoms with Gasteiger partial charge < -0.3 is 10.1 Å². The minimum atomic E-state index is -3.35. The average molecular weight is 298 g/mol. The highest BCUT2D eigenvalue weighted by molar-refractivity contribution is 7.89. The van der Waals surface area contributed by atoms with Crippen molar-refractivity contribution in [3.63, 3.8) is 0 Å². The molecule has 1 fully saturated rings. The Morgan fingerprint density at radius 2 is 1.85 bits per heavy atom. The van der Waals surface area contributed by atoms with E-state index in [0.717, 1.165) is 25.1 Å². The largest absolute Gasteiger partial charge is 0.382 e. The second kappa shape index (κ2) is 5.71. The Morgan fingerprint density at radius 3 is 2.25 bits per heavy atom. The van der Waals surface area contributed by atoms with Crippen LogP contribution in [0.5, 0.6) is 0 Å². The molecule has 1 aromatic rings. The molecule has 1 aliphatic rings. The summed E-state index contributed by atoms with van der Waals surface area (Å²) in [6.45, 7) is 0.753. The van der Waals surface area contributed by atoms with E-state index in [1.807, 2.05) is 0 Å². The van der Waals surface area contributed by atoms with E-state index in [2.05, 4.69) is 5.32 Å². The van der Waals surface area contributed by atoms with Gasteiger partial charge in [0.25, 0.3) is 0 Å². The predicted molar refractivity (Wildman–Crippen MR) is 79.4 cm³/mol. The molecule has 2 rings (SSSR count). The Labute approximate surface area is 121 Å². The molecule has 0 amide bonds. The third-order valence-electron chi connectivity index (χ3n) is 3.95. The quantitative estimate of drug-likeness (QED) is 0.871. The molecule has 1 aliphatic carbocycles. The van der Waals surface area contributed by atoms with Gasteiger partial charge in [0.15, 0.2) is 0 Å². The monoisotopic (exact) mass is 298 g/mol. The van der Waals surface area contributed by atoms with Crippen molar-refractivity contribution in [3.8, 4) is 0 Å². The number of hydrogen-bond acceptors (Lipinski definition) is 4. The lowest BCUT2D eigenvalue weighted by Gasteiger charge is -2.40. The van der Waals surface area contributed by atoms with Crippen molar-refractivity contribution in [1.29, 1.82) is 0 Å². The maximum absolute atomic E-state index is 11.9. The van der Waals surface area contributed by atoms with Gasteiger partial charge in [0.1, 0.15) is 0 Å². The van der Waals surface area contributed by atoms with Crippen molar-refractivity contribution in [3.05, 3.63) is 24.3 Å². The molecule has 0 aromatic heterocycles. The Morgan fingerprint density at radius 1 is 1.25 bits per heavy atom. The summed E-state index contributed by atoms with van der Waals surface area (Å²) in [5.74, 6) is 0. The summed E-state index contributed by atoms with van der Waals surface area (Å²) in [7, 11) is 1.45. The fourth-order valence-electron chi connectivity index (χ4n) is 2.24. The maximum Gasteiger partial charge on any atom is 0.242 e. The smallest absolute Gasteiger partial charge is 0.242 e. The molecule has 1 N–H and O–H groups in total. The number of methoxy groups -OCH3 is 1. The van der Waals surface area contributed by atoms with Crippen LogP contribution in [-0.4, -0.2) is 46.1 Å². The molecule has 1 saturated carbocycles. The maximum atomic E-state index is 11.9. The Bertz CT molecular complexity index is 543. The van der Waals surface area contributed by atoms with Crippen LogP contribution in [-0.2, 0) is 14.8 Å². The van der Waals surface area contributed by atoms with Gasteiger partial charge in [0.05, 0.1) is 10.5 Å². The fourth-order valence-corrected chi connectivity index (χ4v) is 3.14. The number of nitrogens with zero attached hydrogens (tertiary/aromatic N) is 1. The molecule has 6 heteroatoms. The summed E-state index contributed by atoms with van der Waals surface area (Å²) in [5.41, 5.74) is 0.861. The second-order valence-electron chi connectivity index (χ2n) is 5.41. The lowest BCUT2D eigenvalue weighted by molar-refractivity contribution is -0.0601. The molecule has 0 radical (unpaired) electrons. The summed E-state index contributed by atoms with van der Waals surface area (Å²) in [6, 6.07) is 6.83. The average Bonchev–Trinajstić information content (AvgIpc) is 2.38. The summed E-state index contributed by atoms with van der Waals surface area (Å²) in [4.78, 5) is 0.304. The Kier molecular flexibility index (Phi) is 4.36. The van der Waals surface area contributed by atoms with Gasteiger partial charge in [-0.05, 0) is 43.5 Å². The molecular weight excluding hydrogens is 276 g/mol. The molecule has 20 heavy (non-hydrogen) atoms. The number of nitrogens with one attached hydrogen (secondary N) is 1. The van der Waals surface area contributed by atoms with Crippen LogP contribution in [0.25, 0.3) is 0 Å². The molecule has 0 unspecified atom stereocenters. The number of sulfonamides is 1. The van der Waals surface area contributed by atoms with Crippen molar-refractivity contribution in [2.24, 2.45) is 0 Å². The van der Waals surface area contributed by atoms with Crippen LogP contribution >= 0.6 is 0 Å². The van der Waals surface area contributed by atoms with Crippen molar-refractivity contribution in [2.45, 2.75) is 29.8 Å². The van der Waals surface area contributed by atoms with E-state index in [1.165, 1.54) is 24.8 Å². The highest BCUT2D eigenvalue weighted by Gasteiger charge is 2.36. The number of hydrogen-bond donors (Lipinski definition) is 1. The van der Waals surface area contributed by atoms with E-state index in [4.69, 9.17) is 4.74 Å². The zero-order chi connectivity index (χ0) is 14.8. The first-order valence-electron chi connectivity index (χ1n) is 6.71. The molecule has 0 bridgehead atoms. The van der Waals surface area contributed by atoms with Gasteiger partial charge >= 0.3 is 0 Å². The summed E-state index contributed by atoms with van der Waals surface area (Å²) >= 11 is 0. The predicted octanol–water partition coefficient (Wildman–Crippen LogP) is 1.92. The van der Waals surface area contributed by atoms with Gasteiger partial charge in [-0.1, -0.05) is 0 Å². The van der Waals surface area contributed by atoms with Gasteiger partial charge in [-0.15, -0.1) is 0 Å². The number of anilines is 1. The van der Waals surface area contributed by atoms with Crippen LogP contribution in [0.15, 0.2) is 29.2 Å². The number of rotatable bonds is 6. The van der Waals surface area contributed by atoms with E-state index < -0.39 is 10.0 Å². The SMILES string of the molecule is COC1(CNc2ccc(S(=O)(=O)N(C)C)cc2)CCC1. The van der Waals surface area contributed by atoms with E-state index in [1.54, 1.807) is 31.4 Å². The van der Waals surface area contributed by atoms with Crippen molar-refractivity contribution in [1.82, 2.24) is 4.31 Å². The molecular formula is C14H22N2O3S. The Balaban J connectivity index is 2.02. The molecule has 0 saturated heterocycles. The van der Waals surface area contributed by atoms with Crippen molar-refractivity contribution < 1.29 is 13.2 Å². The third-order valence-corrected chi connectivity index (χ3v) is 5.77. The van der Waals surface area contributed by atoms with Gasteiger partial charge in [-0.25, -0.2) is 12.7 Å². The zero-order valence-electron chi connectivity index (χ0n) is 12.2. The summed E-state index contributed by atoms with van der Waals surface area (Å²) in [5, 5.41) is 3.31. The molecule has 0 spiro atoms. The van der Waals surface area contributed by atoms with Crippen molar-refractivity contribution >= 4 is 15.7 Å². The molecule has 0 heterocycles. The van der Waals surface area contributed by atoms with Crippen LogP contribution in [0, 0.1) is 0 Å². The van der Waals surface area contributed by atoms with Crippen LogP contribution in [0.3, 0.4) is 0 Å². The van der Waals surface area contributed by atoms with E-state index >= 15 is 0 Å². The summed E-state index contributed by atoms with van der Waals surface area (Å²) in [6.07, 6.45) is 3.35. The number of ether oxygens (including phenoxy) is 1. The second-order valence-corrected chi connectivity index (χ2v) is 7.56. The highest BCUT2D eigenvalue weighted by atomic mass is 32.2. The van der Waals surface area contributed by atoms with Gasteiger partial charge in [0.2, 0.25) is 10.0 Å². The molecule has 5 nitrogen and oxygen atoms in total. The molecule has 0 atom stereocenters. The van der Waals surface area contributed by atoms with Gasteiger partial charge in [-0.3, -0.25) is 0 Å². The van der Waals surface area contributed by atoms with Crippen LogP contribution in [0.2, 0.25) is 0 Å². The molecule has 112 valence electrons. The lowest BCUT2D eigenvalue weighted by atomic mass is 9.80. The number of benzene rings is 1. The fraction of sp³-hybridized carbons (Fsp3) is 0.571. The Hall–Kier alpha value is -1.11. The van der Waals surface area contributed by atoms with Crippen LogP contribution in [0.1, 0.15) is 19.3 Å². The normalized spacial score (nSPS) is 17.8. The lowest BCUT2D eigenvalue weighted by Crippen LogP contribution is -2.45. The first-order valence-corrected chi connectivity index (χ1v) is 8.15. The van der Waals surface area contributed by atoms with Crippen molar-refractivity contribution in [2.75, 3.05) is 33.1 Å². The standard InChI is InChI=1S/C14H22N2O3S/c1-16(2)20(17,18)13-7-5-12(6-8-13)15-11-14(19-3)9-4-10-14/h5-8,15H,4,9-11H2,1-3H3. The highest BCUT2D eigenvalue weighted by Crippen LogP contribution is 2.35. The topological polar surface area (TPSA) is 58.6 Å². The summed E-state index contributed by atoms with van der Waals surface area (Å²) < 4.78 is 30.6. The first-order chi connectivity index (χ1) is 9.39. The van der Waals surface area contributed by atoms with E-state index in [-0.39, 0.29) is 5.60 Å². The van der Waals surface area contributed by atoms with Crippen LogP contribution in [0.4, 0.5) is 5.69 Å². The zero-order valence-corrected chi connectivity index (χ0v) is 13.0. The van der Waals surface area contributed by atoms with Gasteiger partial charge in [0, 0.05) is 33.4 Å². The molecule has 1 aromatic carbocycles. The van der Waals surface area contributed by atoms with Crippen LogP contribution < -0.4 is 5.32 Å². The first kappa shape index (κ1) is 15.3. The van der Waals surface area contributed by atoms with E-state index in [9.17, 15) is 8.42 Å². The minimum Gasteiger partial charge on any atom is -0.382 e. The third kappa shape index (κ3) is 2.97.